The molecule has 0 spiro atoms. The average molecular weight is 336 g/mol. The zero-order valence-electron chi connectivity index (χ0n) is 12.9. The lowest BCUT2D eigenvalue weighted by Gasteiger charge is -2.26. The summed E-state index contributed by atoms with van der Waals surface area (Å²) in [5, 5.41) is 3.86. The second kappa shape index (κ2) is 6.17. The highest BCUT2D eigenvalue weighted by Crippen LogP contribution is 2.36. The third kappa shape index (κ3) is 2.71. The van der Waals surface area contributed by atoms with Crippen molar-refractivity contribution < 1.29 is 4.79 Å². The van der Waals surface area contributed by atoms with Gasteiger partial charge in [-0.2, -0.15) is 0 Å². The summed E-state index contributed by atoms with van der Waals surface area (Å²) in [6.45, 7) is 0. The number of benzene rings is 2. The first kappa shape index (κ1) is 15.0. The molecule has 5 heteroatoms. The van der Waals surface area contributed by atoms with Gasteiger partial charge >= 0.3 is 0 Å². The van der Waals surface area contributed by atoms with Gasteiger partial charge in [0.15, 0.2) is 0 Å². The number of aromatic nitrogens is 1. The minimum atomic E-state index is -0.265. The molecule has 1 amide bonds. The molecule has 1 aliphatic rings. The summed E-state index contributed by atoms with van der Waals surface area (Å²) in [5.74, 6) is 0.766. The summed E-state index contributed by atoms with van der Waals surface area (Å²) in [5.41, 5.74) is 1.98. The van der Waals surface area contributed by atoms with Crippen LogP contribution in [0.1, 0.15) is 28.4 Å². The van der Waals surface area contributed by atoms with Crippen molar-refractivity contribution in [3.05, 3.63) is 76.1 Å². The minimum absolute atomic E-state index is 0.0204. The lowest BCUT2D eigenvalue weighted by atomic mass is 10.0. The fraction of sp³-hybridized carbons (Fsp3) is 0.158. The standard InChI is InChI=1S/C19H16N2O2S/c22-18-11-14(12-5-1-3-7-15(12)20-18)19(23)21-16-9-10-24-17-8-4-2-6-13(16)17/h1-8,11,16H,9-10H2,(H,20,22)(H,21,23)/t16-/m0/s1. The molecule has 0 unspecified atom stereocenters. The van der Waals surface area contributed by atoms with Gasteiger partial charge in [0.2, 0.25) is 5.56 Å². The molecule has 0 saturated heterocycles. The number of hydrogen-bond acceptors (Lipinski definition) is 3. The second-order valence-electron chi connectivity index (χ2n) is 5.79. The van der Waals surface area contributed by atoms with Crippen LogP contribution in [0.2, 0.25) is 0 Å². The summed E-state index contributed by atoms with van der Waals surface area (Å²) in [7, 11) is 0. The molecule has 0 bridgehead atoms. The number of fused-ring (bicyclic) bond motifs is 2. The lowest BCUT2D eigenvalue weighted by Crippen LogP contribution is -2.31. The fourth-order valence-electron chi connectivity index (χ4n) is 3.12. The van der Waals surface area contributed by atoms with E-state index in [1.165, 1.54) is 11.0 Å². The number of amides is 1. The number of aromatic amines is 1. The molecule has 0 radical (unpaired) electrons. The molecule has 0 aliphatic carbocycles. The van der Waals surface area contributed by atoms with Crippen molar-refractivity contribution in [2.24, 2.45) is 0 Å². The molecule has 24 heavy (non-hydrogen) atoms. The number of H-pyrrole nitrogens is 1. The van der Waals surface area contributed by atoms with E-state index in [9.17, 15) is 9.59 Å². The molecular weight excluding hydrogens is 320 g/mol. The molecule has 1 aliphatic heterocycles. The summed E-state index contributed by atoms with van der Waals surface area (Å²) < 4.78 is 0. The summed E-state index contributed by atoms with van der Waals surface area (Å²) in [6.07, 6.45) is 0.883. The van der Waals surface area contributed by atoms with Crippen molar-refractivity contribution in [3.63, 3.8) is 0 Å². The third-order valence-corrected chi connectivity index (χ3v) is 5.38. The van der Waals surface area contributed by atoms with Gasteiger partial charge in [0.1, 0.15) is 0 Å². The Hall–Kier alpha value is -2.53. The van der Waals surface area contributed by atoms with Crippen LogP contribution in [0.4, 0.5) is 0 Å². The molecule has 4 rings (SSSR count). The maximum absolute atomic E-state index is 12.8. The zero-order valence-corrected chi connectivity index (χ0v) is 13.7. The van der Waals surface area contributed by atoms with Crippen molar-refractivity contribution in [2.45, 2.75) is 17.4 Å². The number of nitrogens with one attached hydrogen (secondary N) is 2. The van der Waals surface area contributed by atoms with Gasteiger partial charge in [-0.3, -0.25) is 9.59 Å². The number of rotatable bonds is 2. The fourth-order valence-corrected chi connectivity index (χ4v) is 4.25. The first-order valence-corrected chi connectivity index (χ1v) is 8.85. The Balaban J connectivity index is 1.70. The van der Waals surface area contributed by atoms with Crippen LogP contribution in [-0.2, 0) is 0 Å². The molecule has 120 valence electrons. The Bertz CT molecular complexity index is 980. The van der Waals surface area contributed by atoms with Crippen molar-refractivity contribution >= 4 is 28.6 Å². The van der Waals surface area contributed by atoms with E-state index < -0.39 is 0 Å². The molecule has 0 fully saturated rings. The monoisotopic (exact) mass is 336 g/mol. The molecule has 2 heterocycles. The van der Waals surface area contributed by atoms with Crippen LogP contribution in [0.3, 0.4) is 0 Å². The van der Waals surface area contributed by atoms with E-state index in [1.54, 1.807) is 6.07 Å². The van der Waals surface area contributed by atoms with Gasteiger partial charge in [0, 0.05) is 27.6 Å². The first-order valence-electron chi connectivity index (χ1n) is 7.87. The van der Waals surface area contributed by atoms with E-state index in [0.717, 1.165) is 23.1 Å². The van der Waals surface area contributed by atoms with Crippen molar-refractivity contribution in [1.29, 1.82) is 0 Å². The van der Waals surface area contributed by atoms with E-state index in [4.69, 9.17) is 0 Å². The van der Waals surface area contributed by atoms with Crippen molar-refractivity contribution in [2.75, 3.05) is 5.75 Å². The highest BCUT2D eigenvalue weighted by atomic mass is 32.2. The molecule has 2 aromatic carbocycles. The van der Waals surface area contributed by atoms with Gasteiger partial charge in [0.25, 0.3) is 5.91 Å². The number of carbonyl (C=O) groups excluding carboxylic acids is 1. The quantitative estimate of drug-likeness (QED) is 0.753. The van der Waals surface area contributed by atoms with E-state index in [0.29, 0.717) is 11.1 Å². The Labute approximate surface area is 143 Å². The first-order chi connectivity index (χ1) is 11.7. The second-order valence-corrected chi connectivity index (χ2v) is 6.93. The van der Waals surface area contributed by atoms with Crippen LogP contribution in [0.25, 0.3) is 10.9 Å². The van der Waals surface area contributed by atoms with Crippen LogP contribution in [0.5, 0.6) is 0 Å². The van der Waals surface area contributed by atoms with Crippen LogP contribution in [-0.4, -0.2) is 16.6 Å². The number of para-hydroxylation sites is 1. The van der Waals surface area contributed by atoms with Gasteiger partial charge < -0.3 is 10.3 Å². The van der Waals surface area contributed by atoms with Crippen molar-refractivity contribution in [1.82, 2.24) is 10.3 Å². The predicted molar refractivity (Wildman–Crippen MR) is 96.6 cm³/mol. The molecule has 4 nitrogen and oxygen atoms in total. The van der Waals surface area contributed by atoms with Gasteiger partial charge in [-0.15, -0.1) is 11.8 Å². The number of thioether (sulfide) groups is 1. The predicted octanol–water partition coefficient (Wildman–Crippen LogP) is 3.50. The van der Waals surface area contributed by atoms with E-state index in [2.05, 4.69) is 22.4 Å². The maximum Gasteiger partial charge on any atom is 0.252 e. The highest BCUT2D eigenvalue weighted by Gasteiger charge is 2.23. The smallest absolute Gasteiger partial charge is 0.252 e. The molecular formula is C19H16N2O2S. The Kier molecular flexibility index (Phi) is 3.86. The van der Waals surface area contributed by atoms with Gasteiger partial charge in [0.05, 0.1) is 11.6 Å². The Morgan fingerprint density at radius 2 is 1.92 bits per heavy atom. The summed E-state index contributed by atoms with van der Waals surface area (Å²) in [6, 6.07) is 16.9. The van der Waals surface area contributed by atoms with E-state index >= 15 is 0 Å². The maximum atomic E-state index is 12.8. The Morgan fingerprint density at radius 3 is 2.83 bits per heavy atom. The summed E-state index contributed by atoms with van der Waals surface area (Å²) in [4.78, 5) is 28.7. The topological polar surface area (TPSA) is 62.0 Å². The molecule has 1 atom stereocenters. The number of carbonyl (C=O) groups is 1. The van der Waals surface area contributed by atoms with Crippen molar-refractivity contribution in [3.8, 4) is 0 Å². The van der Waals surface area contributed by atoms with E-state index in [1.807, 2.05) is 42.1 Å². The largest absolute Gasteiger partial charge is 0.345 e. The Morgan fingerprint density at radius 1 is 1.12 bits per heavy atom. The number of pyridine rings is 1. The average Bonchev–Trinajstić information content (AvgIpc) is 2.61. The molecule has 2 N–H and O–H groups in total. The van der Waals surface area contributed by atoms with Crippen LogP contribution in [0, 0.1) is 0 Å². The van der Waals surface area contributed by atoms with E-state index in [-0.39, 0.29) is 17.5 Å². The molecule has 3 aromatic rings. The summed E-state index contributed by atoms with van der Waals surface area (Å²) >= 11 is 1.81. The van der Waals surface area contributed by atoms with Crippen LogP contribution in [0.15, 0.2) is 64.3 Å². The molecule has 1 aromatic heterocycles. The minimum Gasteiger partial charge on any atom is -0.345 e. The SMILES string of the molecule is O=C(N[C@H]1CCSc2ccccc21)c1cc(=O)[nH]c2ccccc12. The van der Waals surface area contributed by atoms with Crippen LogP contribution >= 0.6 is 11.8 Å². The third-order valence-electron chi connectivity index (χ3n) is 4.26. The lowest BCUT2D eigenvalue weighted by molar-refractivity contribution is 0.0936. The number of hydrogen-bond donors (Lipinski definition) is 2. The van der Waals surface area contributed by atoms with Gasteiger partial charge in [-0.25, -0.2) is 0 Å². The molecule has 0 saturated carbocycles. The zero-order chi connectivity index (χ0) is 16.5. The van der Waals surface area contributed by atoms with Gasteiger partial charge in [-0.1, -0.05) is 36.4 Å². The van der Waals surface area contributed by atoms with Gasteiger partial charge in [-0.05, 0) is 24.1 Å². The highest BCUT2D eigenvalue weighted by molar-refractivity contribution is 7.99. The van der Waals surface area contributed by atoms with Crippen LogP contribution < -0.4 is 10.9 Å². The normalized spacial score (nSPS) is 16.6.